The molecule has 1 aromatic rings. The minimum absolute atomic E-state index is 0.112. The van der Waals surface area contributed by atoms with Gasteiger partial charge in [0.05, 0.1) is 10.7 Å². The van der Waals surface area contributed by atoms with Crippen LogP contribution in [0.1, 0.15) is 33.3 Å². The fourth-order valence-electron chi connectivity index (χ4n) is 2.70. The molecule has 0 amide bonds. The van der Waals surface area contributed by atoms with E-state index in [4.69, 9.17) is 11.6 Å². The molecule has 1 N–H and O–H groups in total. The summed E-state index contributed by atoms with van der Waals surface area (Å²) >= 11 is 6.50. The van der Waals surface area contributed by atoms with Gasteiger partial charge in [-0.25, -0.2) is 0 Å². The standard InChI is InChI=1S/C17H28ClN3/c1-5-20-9-11-21(12-10-20)16-14(7-6-8-15(16)18)13-19-17(2,3)4/h6-8,19H,5,9-13H2,1-4H3. The highest BCUT2D eigenvalue weighted by Gasteiger charge is 2.21. The molecule has 1 aliphatic rings. The number of anilines is 1. The molecule has 118 valence electrons. The molecule has 1 saturated heterocycles. The van der Waals surface area contributed by atoms with Gasteiger partial charge >= 0.3 is 0 Å². The number of para-hydroxylation sites is 1. The van der Waals surface area contributed by atoms with Crippen LogP contribution in [0.3, 0.4) is 0 Å². The van der Waals surface area contributed by atoms with Crippen molar-refractivity contribution in [2.75, 3.05) is 37.6 Å². The van der Waals surface area contributed by atoms with Gasteiger partial charge in [-0.15, -0.1) is 0 Å². The summed E-state index contributed by atoms with van der Waals surface area (Å²) in [7, 11) is 0. The smallest absolute Gasteiger partial charge is 0.0642 e. The third-order valence-electron chi connectivity index (χ3n) is 4.02. The van der Waals surface area contributed by atoms with Crippen LogP contribution in [-0.4, -0.2) is 43.2 Å². The first-order valence-corrected chi connectivity index (χ1v) is 8.28. The second-order valence-corrected chi connectivity index (χ2v) is 7.18. The summed E-state index contributed by atoms with van der Waals surface area (Å²) in [6, 6.07) is 6.24. The summed E-state index contributed by atoms with van der Waals surface area (Å²) in [5, 5.41) is 4.44. The van der Waals surface area contributed by atoms with Crippen molar-refractivity contribution in [2.24, 2.45) is 0 Å². The monoisotopic (exact) mass is 309 g/mol. The van der Waals surface area contributed by atoms with Crippen molar-refractivity contribution >= 4 is 17.3 Å². The van der Waals surface area contributed by atoms with E-state index in [0.29, 0.717) is 0 Å². The zero-order valence-corrected chi connectivity index (χ0v) is 14.5. The molecule has 4 heteroatoms. The number of nitrogens with one attached hydrogen (secondary N) is 1. The number of benzene rings is 1. The molecular weight excluding hydrogens is 282 g/mol. The van der Waals surface area contributed by atoms with E-state index in [2.05, 4.69) is 48.9 Å². The fourth-order valence-corrected chi connectivity index (χ4v) is 3.02. The lowest BCUT2D eigenvalue weighted by molar-refractivity contribution is 0.271. The average Bonchev–Trinajstić information content (AvgIpc) is 2.44. The first-order chi connectivity index (χ1) is 9.90. The molecule has 0 bridgehead atoms. The van der Waals surface area contributed by atoms with Crippen molar-refractivity contribution in [3.8, 4) is 0 Å². The number of likely N-dealkylation sites (N-methyl/N-ethyl adjacent to an activating group) is 1. The van der Waals surface area contributed by atoms with E-state index in [1.165, 1.54) is 11.3 Å². The molecule has 1 heterocycles. The molecule has 0 aromatic heterocycles. The molecule has 0 aliphatic carbocycles. The highest BCUT2D eigenvalue weighted by Crippen LogP contribution is 2.31. The topological polar surface area (TPSA) is 18.5 Å². The van der Waals surface area contributed by atoms with Crippen LogP contribution in [0.25, 0.3) is 0 Å². The summed E-state index contributed by atoms with van der Waals surface area (Å²) < 4.78 is 0. The maximum absolute atomic E-state index is 6.50. The van der Waals surface area contributed by atoms with Gasteiger partial charge in [0, 0.05) is 38.3 Å². The summed E-state index contributed by atoms with van der Waals surface area (Å²) in [5.74, 6) is 0. The maximum Gasteiger partial charge on any atom is 0.0642 e. The third kappa shape index (κ3) is 4.60. The molecule has 2 rings (SSSR count). The van der Waals surface area contributed by atoms with E-state index < -0.39 is 0 Å². The van der Waals surface area contributed by atoms with Crippen LogP contribution in [0.5, 0.6) is 0 Å². The van der Waals surface area contributed by atoms with Crippen molar-refractivity contribution in [1.29, 1.82) is 0 Å². The Morgan fingerprint density at radius 2 is 1.81 bits per heavy atom. The number of rotatable bonds is 4. The first-order valence-electron chi connectivity index (χ1n) is 7.90. The second-order valence-electron chi connectivity index (χ2n) is 6.77. The Morgan fingerprint density at radius 1 is 1.14 bits per heavy atom. The average molecular weight is 310 g/mol. The molecule has 21 heavy (non-hydrogen) atoms. The Hall–Kier alpha value is -0.770. The Labute approximate surface area is 134 Å². The number of hydrogen-bond acceptors (Lipinski definition) is 3. The number of piperazine rings is 1. The molecule has 0 atom stereocenters. The van der Waals surface area contributed by atoms with E-state index in [-0.39, 0.29) is 5.54 Å². The van der Waals surface area contributed by atoms with E-state index in [9.17, 15) is 0 Å². The highest BCUT2D eigenvalue weighted by atomic mass is 35.5. The minimum atomic E-state index is 0.112. The molecule has 0 saturated carbocycles. The molecule has 0 spiro atoms. The zero-order chi connectivity index (χ0) is 15.5. The summed E-state index contributed by atoms with van der Waals surface area (Å²) in [5.41, 5.74) is 2.62. The van der Waals surface area contributed by atoms with Crippen LogP contribution in [0.4, 0.5) is 5.69 Å². The largest absolute Gasteiger partial charge is 0.368 e. The van der Waals surface area contributed by atoms with Crippen molar-refractivity contribution in [2.45, 2.75) is 39.8 Å². The van der Waals surface area contributed by atoms with Crippen LogP contribution in [0.2, 0.25) is 5.02 Å². The van der Waals surface area contributed by atoms with Gasteiger partial charge in [-0.2, -0.15) is 0 Å². The second kappa shape index (κ2) is 6.99. The van der Waals surface area contributed by atoms with Gasteiger partial charge in [-0.05, 0) is 38.9 Å². The van der Waals surface area contributed by atoms with Crippen molar-refractivity contribution in [3.63, 3.8) is 0 Å². The third-order valence-corrected chi connectivity index (χ3v) is 4.32. The molecule has 0 unspecified atom stereocenters. The van der Waals surface area contributed by atoms with E-state index in [1.54, 1.807) is 0 Å². The number of halogens is 1. The van der Waals surface area contributed by atoms with Gasteiger partial charge in [-0.1, -0.05) is 30.7 Å². The molecule has 1 aromatic carbocycles. The fraction of sp³-hybridized carbons (Fsp3) is 0.647. The van der Waals surface area contributed by atoms with E-state index >= 15 is 0 Å². The first kappa shape index (κ1) is 16.6. The van der Waals surface area contributed by atoms with Crippen LogP contribution in [0.15, 0.2) is 18.2 Å². The van der Waals surface area contributed by atoms with Crippen LogP contribution < -0.4 is 10.2 Å². The number of nitrogens with zero attached hydrogens (tertiary/aromatic N) is 2. The van der Waals surface area contributed by atoms with Crippen LogP contribution >= 0.6 is 11.6 Å². The SMILES string of the molecule is CCN1CCN(c2c(Cl)cccc2CNC(C)(C)C)CC1. The molecule has 3 nitrogen and oxygen atoms in total. The predicted octanol–water partition coefficient (Wildman–Crippen LogP) is 3.37. The normalized spacial score (nSPS) is 17.3. The van der Waals surface area contributed by atoms with Gasteiger partial charge in [-0.3, -0.25) is 0 Å². The summed E-state index contributed by atoms with van der Waals surface area (Å²) in [6.07, 6.45) is 0. The quantitative estimate of drug-likeness (QED) is 0.920. The van der Waals surface area contributed by atoms with Crippen LogP contribution in [-0.2, 0) is 6.54 Å². The minimum Gasteiger partial charge on any atom is -0.368 e. The van der Waals surface area contributed by atoms with Crippen molar-refractivity contribution in [3.05, 3.63) is 28.8 Å². The summed E-state index contributed by atoms with van der Waals surface area (Å²) in [4.78, 5) is 4.93. The van der Waals surface area contributed by atoms with Crippen molar-refractivity contribution in [1.82, 2.24) is 10.2 Å². The Bertz CT molecular complexity index is 460. The lowest BCUT2D eigenvalue weighted by Gasteiger charge is -2.37. The predicted molar refractivity (Wildman–Crippen MR) is 92.4 cm³/mol. The van der Waals surface area contributed by atoms with E-state index in [1.807, 2.05) is 12.1 Å². The van der Waals surface area contributed by atoms with Gasteiger partial charge in [0.2, 0.25) is 0 Å². The van der Waals surface area contributed by atoms with Gasteiger partial charge in [0.1, 0.15) is 0 Å². The lowest BCUT2D eigenvalue weighted by Crippen LogP contribution is -2.46. The van der Waals surface area contributed by atoms with Crippen LogP contribution in [0, 0.1) is 0 Å². The lowest BCUT2D eigenvalue weighted by atomic mass is 10.1. The van der Waals surface area contributed by atoms with E-state index in [0.717, 1.165) is 44.3 Å². The molecule has 1 aliphatic heterocycles. The molecule has 0 radical (unpaired) electrons. The van der Waals surface area contributed by atoms with Gasteiger partial charge in [0.25, 0.3) is 0 Å². The zero-order valence-electron chi connectivity index (χ0n) is 13.7. The number of hydrogen-bond donors (Lipinski definition) is 1. The Morgan fingerprint density at radius 3 is 2.38 bits per heavy atom. The van der Waals surface area contributed by atoms with Crippen molar-refractivity contribution < 1.29 is 0 Å². The van der Waals surface area contributed by atoms with Gasteiger partial charge < -0.3 is 15.1 Å². The highest BCUT2D eigenvalue weighted by molar-refractivity contribution is 6.33. The Kier molecular flexibility index (Phi) is 5.53. The molecular formula is C17H28ClN3. The van der Waals surface area contributed by atoms with Gasteiger partial charge in [0.15, 0.2) is 0 Å². The molecule has 1 fully saturated rings. The Balaban J connectivity index is 2.14. The maximum atomic E-state index is 6.50. The summed E-state index contributed by atoms with van der Waals surface area (Å²) in [6.45, 7) is 15.1.